The molecule has 0 bridgehead atoms. The molecule has 0 aliphatic heterocycles. The Kier molecular flexibility index (Phi) is 3.69. The van der Waals surface area contributed by atoms with Crippen LogP contribution < -0.4 is 5.73 Å². The van der Waals surface area contributed by atoms with Crippen LogP contribution in [0.25, 0.3) is 0 Å². The highest BCUT2D eigenvalue weighted by molar-refractivity contribution is 5.75. The van der Waals surface area contributed by atoms with Crippen molar-refractivity contribution >= 4 is 5.97 Å². The number of methoxy groups -OCH3 is 1. The van der Waals surface area contributed by atoms with E-state index in [2.05, 4.69) is 4.74 Å². The van der Waals surface area contributed by atoms with Gasteiger partial charge in [0, 0.05) is 5.92 Å². The Hall–Kier alpha value is -0.610. The predicted octanol–water partition coefficient (Wildman–Crippen LogP) is 0.0378. The maximum absolute atomic E-state index is 11.1. The van der Waals surface area contributed by atoms with Crippen LogP contribution in [0.2, 0.25) is 0 Å². The first-order valence-electron chi connectivity index (χ1n) is 4.68. The van der Waals surface area contributed by atoms with E-state index in [1.165, 1.54) is 7.11 Å². The van der Waals surface area contributed by atoms with Gasteiger partial charge in [-0.15, -0.1) is 0 Å². The average molecular weight is 187 g/mol. The van der Waals surface area contributed by atoms with Crippen molar-refractivity contribution in [3.63, 3.8) is 0 Å². The maximum Gasteiger partial charge on any atom is 0.323 e. The second-order valence-electron chi connectivity index (χ2n) is 3.56. The molecule has 0 spiro atoms. The smallest absolute Gasteiger partial charge is 0.323 e. The molecule has 76 valence electrons. The lowest BCUT2D eigenvalue weighted by Gasteiger charge is -2.30. The molecule has 0 saturated heterocycles. The summed E-state index contributed by atoms with van der Waals surface area (Å²) in [6, 6.07) is -0.666. The van der Waals surface area contributed by atoms with Crippen molar-refractivity contribution in [1.29, 1.82) is 0 Å². The fraction of sp³-hybridized carbons (Fsp3) is 0.889. The highest BCUT2D eigenvalue weighted by Gasteiger charge is 2.32. The summed E-state index contributed by atoms with van der Waals surface area (Å²) in [5, 5.41) is 9.60. The van der Waals surface area contributed by atoms with Crippen LogP contribution >= 0.6 is 0 Å². The van der Waals surface area contributed by atoms with Crippen LogP contribution in [0.1, 0.15) is 25.7 Å². The SMILES string of the molecule is COC(=O)C(N)C1CCCCC1O. The molecule has 1 aliphatic rings. The molecule has 0 radical (unpaired) electrons. The second kappa shape index (κ2) is 4.58. The molecule has 3 N–H and O–H groups in total. The number of nitrogens with two attached hydrogens (primary N) is 1. The van der Waals surface area contributed by atoms with E-state index in [0.717, 1.165) is 25.7 Å². The van der Waals surface area contributed by atoms with Gasteiger partial charge < -0.3 is 15.6 Å². The van der Waals surface area contributed by atoms with Gasteiger partial charge >= 0.3 is 5.97 Å². The predicted molar refractivity (Wildman–Crippen MR) is 48.0 cm³/mol. The first kappa shape index (κ1) is 10.5. The molecule has 0 aromatic rings. The third-order valence-corrected chi connectivity index (χ3v) is 2.72. The van der Waals surface area contributed by atoms with Gasteiger partial charge in [0.15, 0.2) is 0 Å². The van der Waals surface area contributed by atoms with Crippen molar-refractivity contribution in [2.45, 2.75) is 37.8 Å². The first-order chi connectivity index (χ1) is 6.16. The van der Waals surface area contributed by atoms with Crippen LogP contribution in [0, 0.1) is 5.92 Å². The Morgan fingerprint density at radius 2 is 2.15 bits per heavy atom. The van der Waals surface area contributed by atoms with Crippen LogP contribution in [0.5, 0.6) is 0 Å². The lowest BCUT2D eigenvalue weighted by molar-refractivity contribution is -0.145. The number of esters is 1. The van der Waals surface area contributed by atoms with E-state index >= 15 is 0 Å². The molecule has 1 saturated carbocycles. The van der Waals surface area contributed by atoms with Crippen molar-refractivity contribution in [2.75, 3.05) is 7.11 Å². The topological polar surface area (TPSA) is 72.5 Å². The molecular formula is C9H17NO3. The van der Waals surface area contributed by atoms with Gasteiger partial charge in [-0.25, -0.2) is 0 Å². The number of ether oxygens (including phenoxy) is 1. The monoisotopic (exact) mass is 187 g/mol. The summed E-state index contributed by atoms with van der Waals surface area (Å²) in [6.07, 6.45) is 3.17. The minimum absolute atomic E-state index is 0.124. The molecule has 1 rings (SSSR count). The minimum atomic E-state index is -0.666. The molecule has 0 heterocycles. The molecule has 13 heavy (non-hydrogen) atoms. The molecular weight excluding hydrogens is 170 g/mol. The summed E-state index contributed by atoms with van der Waals surface area (Å²) in [7, 11) is 1.32. The van der Waals surface area contributed by atoms with Gasteiger partial charge in [-0.05, 0) is 12.8 Å². The van der Waals surface area contributed by atoms with Gasteiger partial charge in [0.05, 0.1) is 13.2 Å². The van der Waals surface area contributed by atoms with Gasteiger partial charge in [-0.1, -0.05) is 12.8 Å². The molecule has 4 nitrogen and oxygen atoms in total. The third kappa shape index (κ3) is 2.42. The normalized spacial score (nSPS) is 31.0. The van der Waals surface area contributed by atoms with E-state index in [1.807, 2.05) is 0 Å². The van der Waals surface area contributed by atoms with E-state index in [0.29, 0.717) is 0 Å². The second-order valence-corrected chi connectivity index (χ2v) is 3.56. The third-order valence-electron chi connectivity index (χ3n) is 2.72. The van der Waals surface area contributed by atoms with Gasteiger partial charge in [0.2, 0.25) is 0 Å². The lowest BCUT2D eigenvalue weighted by Crippen LogP contribution is -2.45. The minimum Gasteiger partial charge on any atom is -0.468 e. The molecule has 0 aromatic carbocycles. The molecule has 0 amide bonds. The lowest BCUT2D eigenvalue weighted by atomic mass is 9.82. The summed E-state index contributed by atoms with van der Waals surface area (Å²) in [4.78, 5) is 11.1. The largest absolute Gasteiger partial charge is 0.468 e. The van der Waals surface area contributed by atoms with Gasteiger partial charge in [-0.3, -0.25) is 4.79 Å². The fourth-order valence-corrected chi connectivity index (χ4v) is 1.87. The molecule has 0 aromatic heterocycles. The van der Waals surface area contributed by atoms with Crippen LogP contribution in [0.4, 0.5) is 0 Å². The van der Waals surface area contributed by atoms with E-state index in [-0.39, 0.29) is 5.92 Å². The van der Waals surface area contributed by atoms with Gasteiger partial charge in [0.1, 0.15) is 6.04 Å². The Morgan fingerprint density at radius 1 is 1.54 bits per heavy atom. The molecule has 3 atom stereocenters. The van der Waals surface area contributed by atoms with Crippen LogP contribution in [0.3, 0.4) is 0 Å². The zero-order valence-corrected chi connectivity index (χ0v) is 7.90. The van der Waals surface area contributed by atoms with Crippen LogP contribution in [-0.4, -0.2) is 30.3 Å². The van der Waals surface area contributed by atoms with Crippen molar-refractivity contribution < 1.29 is 14.6 Å². The van der Waals surface area contributed by atoms with E-state index in [4.69, 9.17) is 5.73 Å². The maximum atomic E-state index is 11.1. The number of aliphatic hydroxyl groups excluding tert-OH is 1. The van der Waals surface area contributed by atoms with E-state index in [9.17, 15) is 9.90 Å². The Morgan fingerprint density at radius 3 is 2.69 bits per heavy atom. The average Bonchev–Trinajstić information content (AvgIpc) is 2.16. The highest BCUT2D eigenvalue weighted by Crippen LogP contribution is 2.26. The number of carbonyl (C=O) groups excluding carboxylic acids is 1. The summed E-state index contributed by atoms with van der Waals surface area (Å²) in [6.45, 7) is 0. The molecule has 1 aliphatic carbocycles. The summed E-state index contributed by atoms with van der Waals surface area (Å²) < 4.78 is 4.54. The summed E-state index contributed by atoms with van der Waals surface area (Å²) in [5.74, 6) is -0.549. The quantitative estimate of drug-likeness (QED) is 0.598. The zero-order chi connectivity index (χ0) is 9.84. The standard InChI is InChI=1S/C9H17NO3/c1-13-9(12)8(10)6-4-2-3-5-7(6)11/h6-8,11H,2-5,10H2,1H3. The zero-order valence-electron chi connectivity index (χ0n) is 7.90. The molecule has 1 fully saturated rings. The van der Waals surface area contributed by atoms with Crippen molar-refractivity contribution in [3.05, 3.63) is 0 Å². The van der Waals surface area contributed by atoms with Crippen molar-refractivity contribution in [1.82, 2.24) is 0 Å². The van der Waals surface area contributed by atoms with Crippen molar-refractivity contribution in [3.8, 4) is 0 Å². The number of carbonyl (C=O) groups is 1. The summed E-state index contributed by atoms with van der Waals surface area (Å²) in [5.41, 5.74) is 5.66. The Labute approximate surface area is 78.1 Å². The van der Waals surface area contributed by atoms with Crippen molar-refractivity contribution in [2.24, 2.45) is 11.7 Å². The van der Waals surface area contributed by atoms with E-state index in [1.54, 1.807) is 0 Å². The highest BCUT2D eigenvalue weighted by atomic mass is 16.5. The Bertz CT molecular complexity index is 184. The number of rotatable bonds is 2. The van der Waals surface area contributed by atoms with E-state index < -0.39 is 18.1 Å². The van der Waals surface area contributed by atoms with Crippen LogP contribution in [-0.2, 0) is 9.53 Å². The summed E-state index contributed by atoms with van der Waals surface area (Å²) >= 11 is 0. The fourth-order valence-electron chi connectivity index (χ4n) is 1.87. The first-order valence-corrected chi connectivity index (χ1v) is 4.68. The van der Waals surface area contributed by atoms with Crippen LogP contribution in [0.15, 0.2) is 0 Å². The number of hydrogen-bond donors (Lipinski definition) is 2. The number of hydrogen-bond acceptors (Lipinski definition) is 4. The van der Waals surface area contributed by atoms with Gasteiger partial charge in [0.25, 0.3) is 0 Å². The number of aliphatic hydroxyl groups is 1. The molecule has 3 unspecified atom stereocenters. The molecule has 4 heteroatoms. The Balaban J connectivity index is 2.53. The van der Waals surface area contributed by atoms with Gasteiger partial charge in [-0.2, -0.15) is 0 Å².